The lowest BCUT2D eigenvalue weighted by Gasteiger charge is -2.61. The first kappa shape index (κ1) is 20.9. The molecule has 3 fully saturated rings. The first-order valence-electron chi connectivity index (χ1n) is 11.9. The average Bonchev–Trinajstić information content (AvgIpc) is 3.03. The van der Waals surface area contributed by atoms with Crippen molar-refractivity contribution >= 4 is 11.9 Å². The second-order valence-electron chi connectivity index (χ2n) is 11.1. The topological polar surface area (TPSA) is 66.4 Å². The monoisotopic (exact) mass is 401 g/mol. The predicted octanol–water partition coefficient (Wildman–Crippen LogP) is 5.04. The minimum absolute atomic E-state index is 0.0783. The number of amides is 1. The molecule has 0 aromatic heterocycles. The van der Waals surface area contributed by atoms with E-state index in [9.17, 15) is 9.59 Å². The van der Waals surface area contributed by atoms with Gasteiger partial charge < -0.3 is 10.4 Å². The molecule has 1 unspecified atom stereocenters. The summed E-state index contributed by atoms with van der Waals surface area (Å²) >= 11 is 0. The zero-order chi connectivity index (χ0) is 21.0. The van der Waals surface area contributed by atoms with Crippen molar-refractivity contribution in [3.8, 4) is 0 Å². The molecule has 2 N–H and O–H groups in total. The molecule has 3 aliphatic carbocycles. The van der Waals surface area contributed by atoms with Crippen LogP contribution < -0.4 is 5.32 Å². The Balaban J connectivity index is 1.61. The zero-order valence-electron chi connectivity index (χ0n) is 18.6. The fourth-order valence-electron chi connectivity index (χ4n) is 8.45. The highest BCUT2D eigenvalue weighted by Gasteiger charge is 2.62. The molecule has 0 bridgehead atoms. The molecular weight excluding hydrogens is 362 g/mol. The van der Waals surface area contributed by atoms with E-state index in [2.05, 4.69) is 39.1 Å². The van der Waals surface area contributed by atoms with Crippen molar-refractivity contribution in [2.75, 3.05) is 0 Å². The lowest BCUT2D eigenvalue weighted by molar-refractivity contribution is -0.137. The van der Waals surface area contributed by atoms with Crippen molar-refractivity contribution < 1.29 is 14.7 Å². The van der Waals surface area contributed by atoms with Gasteiger partial charge in [0.25, 0.3) is 0 Å². The Bertz CT molecular complexity index is 702. The highest BCUT2D eigenvalue weighted by atomic mass is 16.4. The Hall–Kier alpha value is -1.32. The van der Waals surface area contributed by atoms with Crippen LogP contribution in [0.3, 0.4) is 0 Å². The molecular formula is C25H39NO3. The molecule has 29 heavy (non-hydrogen) atoms. The van der Waals surface area contributed by atoms with Crippen molar-refractivity contribution in [2.45, 2.75) is 85.1 Å². The summed E-state index contributed by atoms with van der Waals surface area (Å²) in [6.45, 7) is 9.55. The van der Waals surface area contributed by atoms with Crippen LogP contribution in [0.25, 0.3) is 0 Å². The standard InChI is InChI=1S/C25H39NO3/c1-5-16-14-20-25(4,13-11-21(27)26-20)19-10-12-24(3)17(7-8-18(24)23(16)19)15(2)6-9-22(28)29/h11,13,15-20,23H,5-10,12,14H2,1-4H3,(H,26,27)(H,28,29)/t15-,16?,17-,18+,19+,20-,23+,24-,25-/m1/s1. The van der Waals surface area contributed by atoms with E-state index >= 15 is 0 Å². The van der Waals surface area contributed by atoms with Crippen LogP contribution in [-0.2, 0) is 9.59 Å². The fourth-order valence-corrected chi connectivity index (χ4v) is 8.45. The normalized spacial score (nSPS) is 47.0. The third-order valence-electron chi connectivity index (χ3n) is 9.97. The van der Waals surface area contributed by atoms with Gasteiger partial charge in [-0.2, -0.15) is 0 Å². The molecule has 1 amide bonds. The molecule has 4 rings (SSSR count). The summed E-state index contributed by atoms with van der Waals surface area (Å²) in [6.07, 6.45) is 12.5. The summed E-state index contributed by atoms with van der Waals surface area (Å²) in [4.78, 5) is 23.1. The van der Waals surface area contributed by atoms with Gasteiger partial charge in [-0.25, -0.2) is 0 Å². The van der Waals surface area contributed by atoms with Gasteiger partial charge in [-0.15, -0.1) is 0 Å². The van der Waals surface area contributed by atoms with Gasteiger partial charge in [0.1, 0.15) is 0 Å². The summed E-state index contributed by atoms with van der Waals surface area (Å²) in [5.74, 6) is 3.36. The smallest absolute Gasteiger partial charge is 0.303 e. The van der Waals surface area contributed by atoms with Crippen molar-refractivity contribution in [3.63, 3.8) is 0 Å². The van der Waals surface area contributed by atoms with Crippen LogP contribution in [-0.4, -0.2) is 23.0 Å². The summed E-state index contributed by atoms with van der Waals surface area (Å²) < 4.78 is 0. The van der Waals surface area contributed by atoms with E-state index < -0.39 is 5.97 Å². The number of nitrogens with one attached hydrogen (secondary N) is 1. The number of carboxylic acids is 1. The lowest BCUT2D eigenvalue weighted by Crippen LogP contribution is -2.61. The molecule has 1 heterocycles. The largest absolute Gasteiger partial charge is 0.481 e. The Kier molecular flexibility index (Phi) is 5.36. The fraction of sp³-hybridized carbons (Fsp3) is 0.840. The highest BCUT2D eigenvalue weighted by Crippen LogP contribution is 2.67. The Morgan fingerprint density at radius 2 is 2.03 bits per heavy atom. The van der Waals surface area contributed by atoms with Crippen LogP contribution >= 0.6 is 0 Å². The molecule has 9 atom stereocenters. The third kappa shape index (κ3) is 3.25. The zero-order valence-corrected chi connectivity index (χ0v) is 18.6. The molecule has 4 heteroatoms. The van der Waals surface area contributed by atoms with Gasteiger partial charge in [0.05, 0.1) is 0 Å². The number of carboxylic acid groups (broad SMARTS) is 1. The number of carbonyl (C=O) groups excluding carboxylic acids is 1. The molecule has 0 aromatic rings. The number of aliphatic carboxylic acids is 1. The van der Waals surface area contributed by atoms with Crippen LogP contribution in [0.15, 0.2) is 12.2 Å². The van der Waals surface area contributed by atoms with Crippen LogP contribution in [0.5, 0.6) is 0 Å². The molecule has 0 spiro atoms. The molecule has 0 aromatic carbocycles. The summed E-state index contributed by atoms with van der Waals surface area (Å²) in [5, 5.41) is 12.4. The maximum Gasteiger partial charge on any atom is 0.303 e. The number of fused-ring (bicyclic) bond motifs is 5. The minimum Gasteiger partial charge on any atom is -0.481 e. The average molecular weight is 402 g/mol. The molecule has 3 saturated carbocycles. The van der Waals surface area contributed by atoms with E-state index in [4.69, 9.17) is 5.11 Å². The van der Waals surface area contributed by atoms with Gasteiger partial charge in [-0.05, 0) is 85.5 Å². The highest BCUT2D eigenvalue weighted by molar-refractivity contribution is 5.89. The predicted molar refractivity (Wildman–Crippen MR) is 114 cm³/mol. The number of carbonyl (C=O) groups is 2. The van der Waals surface area contributed by atoms with Crippen LogP contribution in [0.2, 0.25) is 0 Å². The van der Waals surface area contributed by atoms with E-state index in [1.54, 1.807) is 6.08 Å². The molecule has 4 aliphatic rings. The Labute approximate surface area is 175 Å². The van der Waals surface area contributed by atoms with E-state index in [1.165, 1.54) is 32.1 Å². The van der Waals surface area contributed by atoms with Gasteiger partial charge in [0, 0.05) is 17.9 Å². The van der Waals surface area contributed by atoms with Crippen LogP contribution in [0, 0.1) is 46.3 Å². The molecule has 162 valence electrons. The van der Waals surface area contributed by atoms with E-state index in [1.807, 2.05) is 0 Å². The summed E-state index contributed by atoms with van der Waals surface area (Å²) in [5.41, 5.74) is 0.427. The van der Waals surface area contributed by atoms with Crippen molar-refractivity contribution in [2.24, 2.45) is 46.3 Å². The van der Waals surface area contributed by atoms with Gasteiger partial charge >= 0.3 is 5.97 Å². The van der Waals surface area contributed by atoms with Crippen LogP contribution in [0.1, 0.15) is 79.1 Å². The van der Waals surface area contributed by atoms with Gasteiger partial charge in [-0.1, -0.05) is 40.2 Å². The van der Waals surface area contributed by atoms with Crippen molar-refractivity contribution in [1.82, 2.24) is 5.32 Å². The van der Waals surface area contributed by atoms with Crippen LogP contribution in [0.4, 0.5) is 0 Å². The summed E-state index contributed by atoms with van der Waals surface area (Å²) in [7, 11) is 0. The van der Waals surface area contributed by atoms with E-state index in [0.29, 0.717) is 35.5 Å². The molecule has 0 saturated heterocycles. The first-order chi connectivity index (χ1) is 13.7. The second kappa shape index (κ2) is 7.42. The number of hydrogen-bond acceptors (Lipinski definition) is 2. The third-order valence-corrected chi connectivity index (χ3v) is 9.97. The Morgan fingerprint density at radius 3 is 2.72 bits per heavy atom. The minimum atomic E-state index is -0.663. The molecule has 4 nitrogen and oxygen atoms in total. The maximum absolute atomic E-state index is 12.0. The summed E-state index contributed by atoms with van der Waals surface area (Å²) in [6, 6.07) is 0.280. The maximum atomic E-state index is 12.0. The van der Waals surface area contributed by atoms with E-state index in [0.717, 1.165) is 24.7 Å². The molecule has 0 radical (unpaired) electrons. The lowest BCUT2D eigenvalue weighted by atomic mass is 9.45. The van der Waals surface area contributed by atoms with Gasteiger partial charge in [0.2, 0.25) is 5.91 Å². The van der Waals surface area contributed by atoms with Crippen molar-refractivity contribution in [3.05, 3.63) is 12.2 Å². The van der Waals surface area contributed by atoms with Gasteiger partial charge in [-0.3, -0.25) is 9.59 Å². The van der Waals surface area contributed by atoms with Crippen molar-refractivity contribution in [1.29, 1.82) is 0 Å². The van der Waals surface area contributed by atoms with E-state index in [-0.39, 0.29) is 17.4 Å². The SMILES string of the molecule is CCC1C[C@H]2NC(=O)C=C[C@]2(C)[C@H]2CC[C@]3(C)[C@@H]([C@H](C)CCC(=O)O)CC[C@H]3[C@H]12. The second-order valence-corrected chi connectivity index (χ2v) is 11.1. The first-order valence-corrected chi connectivity index (χ1v) is 11.9. The quantitative estimate of drug-likeness (QED) is 0.678. The number of rotatable bonds is 5. The molecule has 1 aliphatic heterocycles. The van der Waals surface area contributed by atoms with Gasteiger partial charge in [0.15, 0.2) is 0 Å². The Morgan fingerprint density at radius 1 is 1.28 bits per heavy atom. The number of hydrogen-bond donors (Lipinski definition) is 2.